The normalized spacial score (nSPS) is 32.6. The average Bonchev–Trinajstić information content (AvgIpc) is 2.83. The van der Waals surface area contributed by atoms with Crippen LogP contribution < -0.4 is 16.4 Å². The van der Waals surface area contributed by atoms with Crippen molar-refractivity contribution in [3.63, 3.8) is 0 Å². The lowest BCUT2D eigenvalue weighted by Gasteiger charge is -2.21. The Hall–Kier alpha value is -0.610. The number of carbonyl (C=O) groups is 1. The van der Waals surface area contributed by atoms with Crippen molar-refractivity contribution in [3.05, 3.63) is 0 Å². The van der Waals surface area contributed by atoms with Crippen molar-refractivity contribution in [1.82, 2.24) is 10.6 Å². The zero-order valence-corrected chi connectivity index (χ0v) is 8.46. The number of hydrogen-bond acceptors (Lipinski definition) is 3. The molecule has 2 rings (SSSR count). The number of nitrogens with one attached hydrogen (secondary N) is 2. The molecule has 2 atom stereocenters. The van der Waals surface area contributed by atoms with Gasteiger partial charge in [0.15, 0.2) is 0 Å². The van der Waals surface area contributed by atoms with E-state index in [9.17, 15) is 4.79 Å². The van der Waals surface area contributed by atoms with E-state index in [1.807, 2.05) is 0 Å². The molecule has 0 aromatic rings. The van der Waals surface area contributed by atoms with E-state index in [4.69, 9.17) is 5.73 Å². The number of carbonyl (C=O) groups excluding carboxylic acids is 1. The third-order valence-corrected chi connectivity index (χ3v) is 3.12. The Morgan fingerprint density at radius 3 is 2.64 bits per heavy atom. The first kappa shape index (κ1) is 9.93. The Morgan fingerprint density at radius 1 is 1.43 bits per heavy atom. The molecule has 0 spiro atoms. The van der Waals surface area contributed by atoms with Crippen LogP contribution in [0.15, 0.2) is 0 Å². The maximum absolute atomic E-state index is 11.5. The topological polar surface area (TPSA) is 67.1 Å². The molecule has 1 saturated heterocycles. The highest BCUT2D eigenvalue weighted by Gasteiger charge is 2.34. The van der Waals surface area contributed by atoms with Crippen LogP contribution in [0.3, 0.4) is 0 Å². The van der Waals surface area contributed by atoms with Gasteiger partial charge in [0.2, 0.25) is 5.91 Å². The zero-order chi connectivity index (χ0) is 9.97. The largest absolute Gasteiger partial charge is 0.352 e. The summed E-state index contributed by atoms with van der Waals surface area (Å²) in [6, 6.07) is 0.483. The Bertz CT molecular complexity index is 213. The zero-order valence-electron chi connectivity index (χ0n) is 8.46. The monoisotopic (exact) mass is 197 g/mol. The molecular formula is C10H19N3O. The van der Waals surface area contributed by atoms with Gasteiger partial charge in [-0.15, -0.1) is 0 Å². The lowest BCUT2D eigenvalue weighted by molar-refractivity contribution is -0.122. The van der Waals surface area contributed by atoms with Crippen molar-refractivity contribution in [2.75, 3.05) is 13.1 Å². The Labute approximate surface area is 84.6 Å². The second-order valence-electron chi connectivity index (χ2n) is 4.47. The van der Waals surface area contributed by atoms with Crippen LogP contribution in [0.5, 0.6) is 0 Å². The highest BCUT2D eigenvalue weighted by atomic mass is 16.1. The predicted octanol–water partition coefficient (Wildman–Crippen LogP) is -0.408. The predicted molar refractivity (Wildman–Crippen MR) is 54.7 cm³/mol. The van der Waals surface area contributed by atoms with Crippen LogP contribution in [0, 0.1) is 5.92 Å². The summed E-state index contributed by atoms with van der Waals surface area (Å²) < 4.78 is 0. The minimum atomic E-state index is 0.190. The van der Waals surface area contributed by atoms with Gasteiger partial charge in [0.1, 0.15) is 0 Å². The molecular weight excluding hydrogens is 178 g/mol. The van der Waals surface area contributed by atoms with Gasteiger partial charge >= 0.3 is 0 Å². The Balaban J connectivity index is 1.65. The first-order valence-electron chi connectivity index (χ1n) is 5.51. The smallest absolute Gasteiger partial charge is 0.220 e. The first-order valence-corrected chi connectivity index (χ1v) is 5.51. The van der Waals surface area contributed by atoms with Gasteiger partial charge in [-0.3, -0.25) is 4.79 Å². The molecule has 4 N–H and O–H groups in total. The molecule has 80 valence electrons. The summed E-state index contributed by atoms with van der Waals surface area (Å²) >= 11 is 0. The number of rotatable bonds is 3. The molecule has 1 heterocycles. The second-order valence-corrected chi connectivity index (χ2v) is 4.47. The van der Waals surface area contributed by atoms with Crippen molar-refractivity contribution in [1.29, 1.82) is 0 Å². The van der Waals surface area contributed by atoms with E-state index >= 15 is 0 Å². The van der Waals surface area contributed by atoms with Crippen LogP contribution in [0.4, 0.5) is 0 Å². The fraction of sp³-hybridized carbons (Fsp3) is 0.900. The quantitative estimate of drug-likeness (QED) is 0.576. The summed E-state index contributed by atoms with van der Waals surface area (Å²) in [4.78, 5) is 11.5. The van der Waals surface area contributed by atoms with E-state index in [1.165, 1.54) is 0 Å². The summed E-state index contributed by atoms with van der Waals surface area (Å²) in [6.07, 6.45) is 3.90. The van der Waals surface area contributed by atoms with E-state index in [0.29, 0.717) is 12.3 Å². The number of hydrogen-bond donors (Lipinski definition) is 3. The van der Waals surface area contributed by atoms with Crippen LogP contribution in [-0.2, 0) is 4.79 Å². The SMILES string of the molecule is NC1CC1NC(=O)CC1CCNCC1. The molecule has 0 aromatic carbocycles. The van der Waals surface area contributed by atoms with Crippen molar-refractivity contribution >= 4 is 5.91 Å². The average molecular weight is 197 g/mol. The van der Waals surface area contributed by atoms with E-state index in [2.05, 4.69) is 10.6 Å². The summed E-state index contributed by atoms with van der Waals surface area (Å²) in [7, 11) is 0. The summed E-state index contributed by atoms with van der Waals surface area (Å²) in [5, 5.41) is 6.26. The highest BCUT2D eigenvalue weighted by molar-refractivity contribution is 5.77. The maximum atomic E-state index is 11.5. The molecule has 0 radical (unpaired) electrons. The fourth-order valence-electron chi connectivity index (χ4n) is 1.99. The first-order chi connectivity index (χ1) is 6.75. The van der Waals surface area contributed by atoms with Crippen LogP contribution in [-0.4, -0.2) is 31.1 Å². The van der Waals surface area contributed by atoms with Crippen molar-refractivity contribution in [3.8, 4) is 0 Å². The van der Waals surface area contributed by atoms with E-state index < -0.39 is 0 Å². The molecule has 4 nitrogen and oxygen atoms in total. The molecule has 0 bridgehead atoms. The van der Waals surface area contributed by atoms with Crippen LogP contribution in [0.1, 0.15) is 25.7 Å². The van der Waals surface area contributed by atoms with Gasteiger partial charge < -0.3 is 16.4 Å². The summed E-state index contributed by atoms with van der Waals surface area (Å²) in [5.74, 6) is 0.765. The Morgan fingerprint density at radius 2 is 2.07 bits per heavy atom. The standard InChI is InChI=1S/C10H19N3O/c11-8-6-9(8)13-10(14)5-7-1-3-12-4-2-7/h7-9,12H,1-6,11H2,(H,13,14). The van der Waals surface area contributed by atoms with Gasteiger partial charge in [0.25, 0.3) is 0 Å². The van der Waals surface area contributed by atoms with Crippen molar-refractivity contribution < 1.29 is 4.79 Å². The summed E-state index contributed by atoms with van der Waals surface area (Å²) in [6.45, 7) is 2.11. The third-order valence-electron chi connectivity index (χ3n) is 3.12. The molecule has 14 heavy (non-hydrogen) atoms. The van der Waals surface area contributed by atoms with E-state index in [1.54, 1.807) is 0 Å². The number of amides is 1. The molecule has 1 aliphatic heterocycles. The minimum Gasteiger partial charge on any atom is -0.352 e. The van der Waals surface area contributed by atoms with Crippen LogP contribution >= 0.6 is 0 Å². The third kappa shape index (κ3) is 2.69. The molecule has 2 aliphatic rings. The maximum Gasteiger partial charge on any atom is 0.220 e. The lowest BCUT2D eigenvalue weighted by Crippen LogP contribution is -2.34. The molecule has 0 aromatic heterocycles. The van der Waals surface area contributed by atoms with E-state index in [0.717, 1.165) is 32.4 Å². The van der Waals surface area contributed by atoms with Gasteiger partial charge in [-0.25, -0.2) is 0 Å². The molecule has 1 aliphatic carbocycles. The van der Waals surface area contributed by atoms with E-state index in [-0.39, 0.29) is 18.0 Å². The molecule has 2 fully saturated rings. The van der Waals surface area contributed by atoms with Gasteiger partial charge in [-0.05, 0) is 38.3 Å². The Kier molecular flexibility index (Phi) is 3.03. The van der Waals surface area contributed by atoms with Gasteiger partial charge in [-0.1, -0.05) is 0 Å². The van der Waals surface area contributed by atoms with Gasteiger partial charge in [0.05, 0.1) is 0 Å². The van der Waals surface area contributed by atoms with Gasteiger partial charge in [0, 0.05) is 18.5 Å². The van der Waals surface area contributed by atoms with Gasteiger partial charge in [-0.2, -0.15) is 0 Å². The van der Waals surface area contributed by atoms with Crippen LogP contribution in [0.25, 0.3) is 0 Å². The number of nitrogens with two attached hydrogens (primary N) is 1. The van der Waals surface area contributed by atoms with Crippen LogP contribution in [0.2, 0.25) is 0 Å². The molecule has 1 amide bonds. The molecule has 1 saturated carbocycles. The lowest BCUT2D eigenvalue weighted by atomic mass is 9.94. The highest BCUT2D eigenvalue weighted by Crippen LogP contribution is 2.20. The fourth-order valence-corrected chi connectivity index (χ4v) is 1.99. The minimum absolute atomic E-state index is 0.190. The van der Waals surface area contributed by atoms with Crippen molar-refractivity contribution in [2.45, 2.75) is 37.8 Å². The molecule has 4 heteroatoms. The summed E-state index contributed by atoms with van der Waals surface area (Å²) in [5.41, 5.74) is 5.62. The van der Waals surface area contributed by atoms with Crippen molar-refractivity contribution in [2.24, 2.45) is 11.7 Å². The second kappa shape index (κ2) is 4.28. The number of piperidine rings is 1. The molecule has 2 unspecified atom stereocenters.